The summed E-state index contributed by atoms with van der Waals surface area (Å²) >= 11 is 6.39. The summed E-state index contributed by atoms with van der Waals surface area (Å²) in [5, 5.41) is 4.06. The molecule has 102 valence electrons. The molecular weight excluding hydrogens is 244 g/mol. The first kappa shape index (κ1) is 15.3. The quantitative estimate of drug-likeness (QED) is 0.830. The normalized spacial score (nSPS) is 12.8. The van der Waals surface area contributed by atoms with Crippen LogP contribution < -0.4 is 10.2 Å². The number of rotatable bonds is 6. The van der Waals surface area contributed by atoms with E-state index in [1.54, 1.807) is 0 Å². The van der Waals surface area contributed by atoms with Crippen molar-refractivity contribution in [1.29, 1.82) is 0 Å². The minimum absolute atomic E-state index is 0.283. The van der Waals surface area contributed by atoms with Gasteiger partial charge in [0.2, 0.25) is 0 Å². The third kappa shape index (κ3) is 3.63. The molecule has 0 saturated carbocycles. The first-order valence-corrected chi connectivity index (χ1v) is 7.12. The molecule has 1 aromatic rings. The van der Waals surface area contributed by atoms with Gasteiger partial charge in [-0.2, -0.15) is 0 Å². The lowest BCUT2D eigenvalue weighted by molar-refractivity contribution is 0.650. The predicted molar refractivity (Wildman–Crippen MR) is 81.7 cm³/mol. The van der Waals surface area contributed by atoms with Crippen LogP contribution in [0.3, 0.4) is 0 Å². The van der Waals surface area contributed by atoms with Crippen LogP contribution in [-0.4, -0.2) is 19.6 Å². The highest BCUT2D eigenvalue weighted by Crippen LogP contribution is 2.28. The Morgan fingerprint density at radius 2 is 1.94 bits per heavy atom. The van der Waals surface area contributed by atoms with Gasteiger partial charge in [0.15, 0.2) is 0 Å². The van der Waals surface area contributed by atoms with E-state index in [0.717, 1.165) is 23.6 Å². The van der Waals surface area contributed by atoms with Crippen LogP contribution in [-0.2, 0) is 0 Å². The van der Waals surface area contributed by atoms with E-state index in [1.165, 1.54) is 5.69 Å². The first-order valence-electron chi connectivity index (χ1n) is 6.74. The van der Waals surface area contributed by atoms with Crippen molar-refractivity contribution in [2.45, 2.75) is 46.2 Å². The fourth-order valence-corrected chi connectivity index (χ4v) is 2.47. The Balaban J connectivity index is 3.01. The Labute approximate surface area is 116 Å². The molecule has 1 atom stereocenters. The van der Waals surface area contributed by atoms with E-state index >= 15 is 0 Å². The Bertz CT molecular complexity index is 377. The Morgan fingerprint density at radius 1 is 1.28 bits per heavy atom. The highest BCUT2D eigenvalue weighted by molar-refractivity contribution is 6.31. The van der Waals surface area contributed by atoms with E-state index in [4.69, 9.17) is 11.6 Å². The van der Waals surface area contributed by atoms with Gasteiger partial charge in [-0.25, -0.2) is 0 Å². The fraction of sp³-hybridized carbons (Fsp3) is 0.600. The summed E-state index contributed by atoms with van der Waals surface area (Å²) in [5.41, 5.74) is 2.37. The van der Waals surface area contributed by atoms with E-state index in [9.17, 15) is 0 Å². The van der Waals surface area contributed by atoms with Crippen molar-refractivity contribution in [3.8, 4) is 0 Å². The molecule has 0 fully saturated rings. The summed E-state index contributed by atoms with van der Waals surface area (Å²) in [6.45, 7) is 9.82. The number of benzene rings is 1. The third-order valence-corrected chi connectivity index (χ3v) is 3.63. The zero-order chi connectivity index (χ0) is 13.7. The van der Waals surface area contributed by atoms with Crippen LogP contribution in [0.4, 0.5) is 5.69 Å². The van der Waals surface area contributed by atoms with Crippen molar-refractivity contribution in [3.05, 3.63) is 28.8 Å². The molecule has 1 unspecified atom stereocenters. The van der Waals surface area contributed by atoms with Gasteiger partial charge in [-0.05, 0) is 51.9 Å². The molecule has 3 heteroatoms. The Kier molecular flexibility index (Phi) is 5.97. The lowest BCUT2D eigenvalue weighted by atomic mass is 10.1. The smallest absolute Gasteiger partial charge is 0.0474 e. The van der Waals surface area contributed by atoms with Crippen molar-refractivity contribution >= 4 is 17.3 Å². The molecule has 0 heterocycles. The lowest BCUT2D eigenvalue weighted by Gasteiger charge is -2.29. The molecule has 0 spiro atoms. The molecule has 0 amide bonds. The maximum atomic E-state index is 6.39. The number of halogens is 1. The monoisotopic (exact) mass is 268 g/mol. The highest BCUT2D eigenvalue weighted by atomic mass is 35.5. The molecule has 0 bridgehead atoms. The number of anilines is 1. The van der Waals surface area contributed by atoms with Crippen LogP contribution in [0.5, 0.6) is 0 Å². The molecule has 0 aromatic heterocycles. The molecule has 0 aliphatic rings. The number of nitrogens with zero attached hydrogens (tertiary/aromatic N) is 1. The molecule has 0 aliphatic carbocycles. The van der Waals surface area contributed by atoms with Crippen LogP contribution >= 0.6 is 11.6 Å². The summed E-state index contributed by atoms with van der Waals surface area (Å²) in [6.07, 6.45) is 1.14. The van der Waals surface area contributed by atoms with Gasteiger partial charge in [0.05, 0.1) is 0 Å². The summed E-state index contributed by atoms with van der Waals surface area (Å²) in [7, 11) is 1.95. The zero-order valence-corrected chi connectivity index (χ0v) is 12.9. The van der Waals surface area contributed by atoms with Crippen LogP contribution in [0.1, 0.15) is 45.7 Å². The minimum Gasteiger partial charge on any atom is -0.369 e. The molecule has 0 saturated heterocycles. The largest absolute Gasteiger partial charge is 0.369 e. The van der Waals surface area contributed by atoms with Crippen LogP contribution in [0.2, 0.25) is 5.02 Å². The average molecular weight is 269 g/mol. The van der Waals surface area contributed by atoms with E-state index in [2.05, 4.69) is 56.1 Å². The summed E-state index contributed by atoms with van der Waals surface area (Å²) in [5.74, 6) is 0. The lowest BCUT2D eigenvalue weighted by Crippen LogP contribution is -2.31. The average Bonchev–Trinajstić information content (AvgIpc) is 2.34. The molecule has 18 heavy (non-hydrogen) atoms. The number of hydrogen-bond acceptors (Lipinski definition) is 2. The van der Waals surface area contributed by atoms with Gasteiger partial charge in [0.25, 0.3) is 0 Å². The number of nitrogens with one attached hydrogen (secondary N) is 1. The number of hydrogen-bond donors (Lipinski definition) is 1. The Hall–Kier alpha value is -0.730. The first-order chi connectivity index (χ1) is 8.51. The van der Waals surface area contributed by atoms with Crippen molar-refractivity contribution < 1.29 is 0 Å². The maximum Gasteiger partial charge on any atom is 0.0474 e. The summed E-state index contributed by atoms with van der Waals surface area (Å²) in [6, 6.07) is 7.16. The van der Waals surface area contributed by atoms with Gasteiger partial charge < -0.3 is 10.2 Å². The van der Waals surface area contributed by atoms with Crippen molar-refractivity contribution in [3.63, 3.8) is 0 Å². The predicted octanol–water partition coefficient (Wildman–Crippen LogP) is 4.25. The SMILES string of the molecule is CCCN(c1ccc(C(C)NC)c(Cl)c1)C(C)C. The van der Waals surface area contributed by atoms with E-state index in [-0.39, 0.29) is 6.04 Å². The van der Waals surface area contributed by atoms with Crippen LogP contribution in [0.15, 0.2) is 18.2 Å². The van der Waals surface area contributed by atoms with Gasteiger partial charge in [-0.3, -0.25) is 0 Å². The third-order valence-electron chi connectivity index (χ3n) is 3.30. The van der Waals surface area contributed by atoms with Crippen molar-refractivity contribution in [2.24, 2.45) is 0 Å². The molecule has 1 rings (SSSR count). The molecule has 1 aromatic carbocycles. The standard InChI is InChI=1S/C15H25ClN2/c1-6-9-18(11(2)3)13-7-8-14(12(4)17-5)15(16)10-13/h7-8,10-12,17H,6,9H2,1-5H3. The molecule has 2 nitrogen and oxygen atoms in total. The van der Waals surface area contributed by atoms with E-state index in [1.807, 2.05) is 7.05 Å². The second-order valence-corrected chi connectivity index (χ2v) is 5.41. The maximum absolute atomic E-state index is 6.39. The zero-order valence-electron chi connectivity index (χ0n) is 12.1. The van der Waals surface area contributed by atoms with E-state index in [0.29, 0.717) is 6.04 Å². The molecule has 0 aliphatic heterocycles. The summed E-state index contributed by atoms with van der Waals surface area (Å²) in [4.78, 5) is 2.39. The van der Waals surface area contributed by atoms with Gasteiger partial charge in [0, 0.05) is 29.3 Å². The molecule has 0 radical (unpaired) electrons. The van der Waals surface area contributed by atoms with Crippen molar-refractivity contribution in [2.75, 3.05) is 18.5 Å². The highest BCUT2D eigenvalue weighted by Gasteiger charge is 2.13. The fourth-order valence-electron chi connectivity index (χ4n) is 2.13. The van der Waals surface area contributed by atoms with Crippen molar-refractivity contribution in [1.82, 2.24) is 5.32 Å². The van der Waals surface area contributed by atoms with Gasteiger partial charge in [-0.15, -0.1) is 0 Å². The second-order valence-electron chi connectivity index (χ2n) is 5.00. The summed E-state index contributed by atoms with van der Waals surface area (Å²) < 4.78 is 0. The van der Waals surface area contributed by atoms with Crippen LogP contribution in [0, 0.1) is 0 Å². The Morgan fingerprint density at radius 3 is 2.39 bits per heavy atom. The second kappa shape index (κ2) is 7.01. The molecule has 1 N–H and O–H groups in total. The molecular formula is C15H25ClN2. The minimum atomic E-state index is 0.283. The van der Waals surface area contributed by atoms with E-state index < -0.39 is 0 Å². The van der Waals surface area contributed by atoms with Crippen LogP contribution in [0.25, 0.3) is 0 Å². The van der Waals surface area contributed by atoms with Gasteiger partial charge >= 0.3 is 0 Å². The van der Waals surface area contributed by atoms with Gasteiger partial charge in [-0.1, -0.05) is 24.6 Å². The van der Waals surface area contributed by atoms with Gasteiger partial charge in [0.1, 0.15) is 0 Å². The topological polar surface area (TPSA) is 15.3 Å².